The van der Waals surface area contributed by atoms with E-state index in [1.807, 2.05) is 0 Å². The molecule has 0 aromatic heterocycles. The zero-order chi connectivity index (χ0) is 19.2. The summed E-state index contributed by atoms with van der Waals surface area (Å²) < 4.78 is 22.8. The minimum Gasteiger partial charge on any atom is -0.345 e. The van der Waals surface area contributed by atoms with Crippen LogP contribution in [0.5, 0.6) is 0 Å². The van der Waals surface area contributed by atoms with Gasteiger partial charge in [0.1, 0.15) is 6.04 Å². The van der Waals surface area contributed by atoms with E-state index in [1.54, 1.807) is 6.92 Å². The molecule has 1 unspecified atom stereocenters. The summed E-state index contributed by atoms with van der Waals surface area (Å²) in [6.07, 6.45) is 3.01. The van der Waals surface area contributed by atoms with Crippen LogP contribution < -0.4 is 5.32 Å². The van der Waals surface area contributed by atoms with E-state index in [9.17, 15) is 18.0 Å². The van der Waals surface area contributed by atoms with E-state index in [4.69, 9.17) is 0 Å². The standard InChI is InChI=1S/C19H28N2O4S/c1-15-7-9-17(10-8-15)5-3-4-6-18(22)20-16(2)19(23)21-11-13-26(24,25)14-12-21/h7-10,16H,3-6,11-14H2,1-2H3,(H,20,22). The van der Waals surface area contributed by atoms with Crippen LogP contribution in [0.2, 0.25) is 0 Å². The van der Waals surface area contributed by atoms with E-state index in [-0.39, 0.29) is 36.4 Å². The molecule has 1 N–H and O–H groups in total. The highest BCUT2D eigenvalue weighted by atomic mass is 32.2. The van der Waals surface area contributed by atoms with Crippen molar-refractivity contribution in [1.29, 1.82) is 0 Å². The molecule has 0 saturated carbocycles. The van der Waals surface area contributed by atoms with Crippen LogP contribution in [-0.2, 0) is 25.8 Å². The first-order chi connectivity index (χ1) is 12.3. The lowest BCUT2D eigenvalue weighted by Crippen LogP contribution is -2.51. The van der Waals surface area contributed by atoms with Gasteiger partial charge in [-0.3, -0.25) is 9.59 Å². The van der Waals surface area contributed by atoms with Crippen LogP contribution in [0.4, 0.5) is 0 Å². The predicted molar refractivity (Wildman–Crippen MR) is 102 cm³/mol. The number of nitrogens with zero attached hydrogens (tertiary/aromatic N) is 1. The highest BCUT2D eigenvalue weighted by molar-refractivity contribution is 7.91. The van der Waals surface area contributed by atoms with Gasteiger partial charge in [0.15, 0.2) is 9.84 Å². The minimum absolute atomic E-state index is 0.00157. The van der Waals surface area contributed by atoms with Crippen LogP contribution in [0.1, 0.15) is 37.3 Å². The van der Waals surface area contributed by atoms with E-state index >= 15 is 0 Å². The fourth-order valence-corrected chi connectivity index (χ4v) is 4.15. The molecule has 7 heteroatoms. The van der Waals surface area contributed by atoms with Crippen molar-refractivity contribution in [2.24, 2.45) is 0 Å². The maximum atomic E-state index is 12.3. The van der Waals surface area contributed by atoms with Gasteiger partial charge in [-0.1, -0.05) is 29.8 Å². The summed E-state index contributed by atoms with van der Waals surface area (Å²) in [5.41, 5.74) is 2.50. The van der Waals surface area contributed by atoms with Gasteiger partial charge in [-0.25, -0.2) is 8.42 Å². The van der Waals surface area contributed by atoms with Crippen LogP contribution in [-0.4, -0.2) is 55.8 Å². The van der Waals surface area contributed by atoms with Gasteiger partial charge in [-0.15, -0.1) is 0 Å². The molecule has 26 heavy (non-hydrogen) atoms. The number of sulfone groups is 1. The molecule has 0 bridgehead atoms. The van der Waals surface area contributed by atoms with Crippen molar-refractivity contribution < 1.29 is 18.0 Å². The van der Waals surface area contributed by atoms with Crippen molar-refractivity contribution in [2.75, 3.05) is 24.6 Å². The molecule has 1 atom stereocenters. The Kier molecular flexibility index (Phi) is 7.20. The number of carbonyl (C=O) groups is 2. The zero-order valence-corrected chi connectivity index (χ0v) is 16.3. The molecular formula is C19H28N2O4S. The predicted octanol–water partition coefficient (Wildman–Crippen LogP) is 1.47. The number of rotatable bonds is 7. The molecule has 144 valence electrons. The Hall–Kier alpha value is -1.89. The first-order valence-electron chi connectivity index (χ1n) is 9.11. The fraction of sp³-hybridized carbons (Fsp3) is 0.579. The quantitative estimate of drug-likeness (QED) is 0.726. The summed E-state index contributed by atoms with van der Waals surface area (Å²) in [5, 5.41) is 2.72. The van der Waals surface area contributed by atoms with E-state index < -0.39 is 15.9 Å². The smallest absolute Gasteiger partial charge is 0.244 e. The number of hydrogen-bond acceptors (Lipinski definition) is 4. The summed E-state index contributed by atoms with van der Waals surface area (Å²) in [6.45, 7) is 4.12. The Labute approximate surface area is 155 Å². The third kappa shape index (κ3) is 6.44. The van der Waals surface area contributed by atoms with Crippen molar-refractivity contribution in [1.82, 2.24) is 10.2 Å². The van der Waals surface area contributed by atoms with Crippen molar-refractivity contribution in [3.8, 4) is 0 Å². The molecule has 6 nitrogen and oxygen atoms in total. The maximum absolute atomic E-state index is 12.3. The van der Waals surface area contributed by atoms with Gasteiger partial charge in [-0.2, -0.15) is 0 Å². The Bertz CT molecular complexity index is 714. The molecule has 0 radical (unpaired) electrons. The first kappa shape index (κ1) is 20.4. The molecule has 1 aromatic rings. The lowest BCUT2D eigenvalue weighted by atomic mass is 10.1. The van der Waals surface area contributed by atoms with E-state index in [0.29, 0.717) is 6.42 Å². The number of carbonyl (C=O) groups excluding carboxylic acids is 2. The number of amides is 2. The second-order valence-corrected chi connectivity index (χ2v) is 9.26. The average molecular weight is 381 g/mol. The first-order valence-corrected chi connectivity index (χ1v) is 10.9. The van der Waals surface area contributed by atoms with E-state index in [2.05, 4.69) is 36.5 Å². The summed E-state index contributed by atoms with van der Waals surface area (Å²) in [4.78, 5) is 25.8. The molecule has 0 aliphatic carbocycles. The van der Waals surface area contributed by atoms with E-state index in [0.717, 1.165) is 19.3 Å². The molecule has 0 spiro atoms. The van der Waals surface area contributed by atoms with Crippen LogP contribution in [0.3, 0.4) is 0 Å². The highest BCUT2D eigenvalue weighted by Gasteiger charge is 2.28. The molecule has 1 aromatic carbocycles. The van der Waals surface area contributed by atoms with Gasteiger partial charge in [-0.05, 0) is 38.7 Å². The van der Waals surface area contributed by atoms with Gasteiger partial charge in [0.05, 0.1) is 11.5 Å². The molecule has 1 heterocycles. The summed E-state index contributed by atoms with van der Waals surface area (Å²) in [5.74, 6) is -0.357. The molecule has 1 saturated heterocycles. The lowest BCUT2D eigenvalue weighted by Gasteiger charge is -2.29. The van der Waals surface area contributed by atoms with E-state index in [1.165, 1.54) is 16.0 Å². The number of aryl methyl sites for hydroxylation is 2. The van der Waals surface area contributed by atoms with Crippen molar-refractivity contribution in [2.45, 2.75) is 45.6 Å². The number of benzene rings is 1. The SMILES string of the molecule is Cc1ccc(CCCCC(=O)NC(C)C(=O)N2CCS(=O)(=O)CC2)cc1. The minimum atomic E-state index is -3.02. The Morgan fingerprint density at radius 2 is 1.73 bits per heavy atom. The third-order valence-corrected chi connectivity index (χ3v) is 6.25. The molecule has 2 rings (SSSR count). The molecule has 1 aliphatic heterocycles. The van der Waals surface area contributed by atoms with Gasteiger partial charge in [0.25, 0.3) is 0 Å². The lowest BCUT2D eigenvalue weighted by molar-refractivity contribution is -0.135. The van der Waals surface area contributed by atoms with Crippen LogP contribution >= 0.6 is 0 Å². The summed E-state index contributed by atoms with van der Waals surface area (Å²) in [7, 11) is -3.02. The van der Waals surface area contributed by atoms with Gasteiger partial charge in [0, 0.05) is 19.5 Å². The topological polar surface area (TPSA) is 83.6 Å². The Morgan fingerprint density at radius 1 is 1.12 bits per heavy atom. The maximum Gasteiger partial charge on any atom is 0.244 e. The highest BCUT2D eigenvalue weighted by Crippen LogP contribution is 2.09. The second kappa shape index (κ2) is 9.16. The fourth-order valence-electron chi connectivity index (χ4n) is 2.95. The zero-order valence-electron chi connectivity index (χ0n) is 15.5. The molecule has 2 amide bonds. The summed E-state index contributed by atoms with van der Waals surface area (Å²) in [6, 6.07) is 7.76. The number of hydrogen-bond donors (Lipinski definition) is 1. The molecule has 1 fully saturated rings. The van der Waals surface area contributed by atoms with Gasteiger partial charge in [0.2, 0.25) is 11.8 Å². The largest absolute Gasteiger partial charge is 0.345 e. The second-order valence-electron chi connectivity index (χ2n) is 6.96. The number of nitrogens with one attached hydrogen (secondary N) is 1. The van der Waals surface area contributed by atoms with Gasteiger partial charge >= 0.3 is 0 Å². The van der Waals surface area contributed by atoms with Gasteiger partial charge < -0.3 is 10.2 Å². The van der Waals surface area contributed by atoms with Crippen LogP contribution in [0, 0.1) is 6.92 Å². The Morgan fingerprint density at radius 3 is 2.35 bits per heavy atom. The monoisotopic (exact) mass is 380 g/mol. The molecule has 1 aliphatic rings. The Balaban J connectivity index is 1.66. The van der Waals surface area contributed by atoms with Crippen molar-refractivity contribution in [3.63, 3.8) is 0 Å². The average Bonchev–Trinajstić information content (AvgIpc) is 2.59. The third-order valence-electron chi connectivity index (χ3n) is 4.64. The molecular weight excluding hydrogens is 352 g/mol. The normalized spacial score (nSPS) is 17.5. The number of unbranched alkanes of at least 4 members (excludes halogenated alkanes) is 1. The summed E-state index contributed by atoms with van der Waals surface area (Å²) >= 11 is 0. The van der Waals surface area contributed by atoms with Crippen molar-refractivity contribution in [3.05, 3.63) is 35.4 Å². The van der Waals surface area contributed by atoms with Crippen LogP contribution in [0.15, 0.2) is 24.3 Å². The van der Waals surface area contributed by atoms with Crippen LogP contribution in [0.25, 0.3) is 0 Å². The van der Waals surface area contributed by atoms with Crippen molar-refractivity contribution >= 4 is 21.7 Å².